The number of halogens is 2. The van der Waals surface area contributed by atoms with Crippen LogP contribution in [0.1, 0.15) is 20.3 Å². The number of ether oxygens (including phenoxy) is 1. The zero-order chi connectivity index (χ0) is 11.0. The number of hydrogen-bond acceptors (Lipinski definition) is 3. The van der Waals surface area contributed by atoms with Gasteiger partial charge in [-0.3, -0.25) is 0 Å². The minimum absolute atomic E-state index is 0.0289. The molecular formula is C9H19F2NO2. The first-order valence-corrected chi connectivity index (χ1v) is 4.76. The number of likely N-dealkylation sites (N-methyl/N-ethyl adjacent to an activating group) is 1. The molecule has 86 valence electrons. The molecule has 0 aliphatic carbocycles. The molecule has 0 bridgehead atoms. The van der Waals surface area contributed by atoms with Crippen molar-refractivity contribution in [2.24, 2.45) is 0 Å². The SMILES string of the molecule is CCNC(C)(CO)CCOCC(F)F. The zero-order valence-electron chi connectivity index (χ0n) is 8.72. The molecule has 0 aliphatic rings. The number of aliphatic hydroxyl groups is 1. The molecule has 0 saturated carbocycles. The molecule has 0 amide bonds. The Labute approximate surface area is 83.4 Å². The monoisotopic (exact) mass is 211 g/mol. The second kappa shape index (κ2) is 7.09. The summed E-state index contributed by atoms with van der Waals surface area (Å²) >= 11 is 0. The number of rotatable bonds is 8. The number of aliphatic hydroxyl groups excluding tert-OH is 1. The van der Waals surface area contributed by atoms with E-state index >= 15 is 0 Å². The summed E-state index contributed by atoms with van der Waals surface area (Å²) in [4.78, 5) is 0. The van der Waals surface area contributed by atoms with E-state index in [-0.39, 0.29) is 13.2 Å². The van der Waals surface area contributed by atoms with E-state index in [1.54, 1.807) is 0 Å². The van der Waals surface area contributed by atoms with Crippen molar-refractivity contribution in [3.05, 3.63) is 0 Å². The summed E-state index contributed by atoms with van der Waals surface area (Å²) in [5.41, 5.74) is -0.434. The minimum Gasteiger partial charge on any atom is -0.394 e. The van der Waals surface area contributed by atoms with Gasteiger partial charge in [0.05, 0.1) is 6.61 Å². The van der Waals surface area contributed by atoms with Crippen LogP contribution in [0.25, 0.3) is 0 Å². The third-order valence-corrected chi connectivity index (χ3v) is 1.99. The van der Waals surface area contributed by atoms with Crippen molar-refractivity contribution in [2.45, 2.75) is 32.2 Å². The van der Waals surface area contributed by atoms with Crippen LogP contribution in [0.5, 0.6) is 0 Å². The molecule has 0 aliphatic heterocycles. The normalized spacial score (nSPS) is 15.9. The van der Waals surface area contributed by atoms with E-state index in [2.05, 4.69) is 5.32 Å². The topological polar surface area (TPSA) is 41.5 Å². The van der Waals surface area contributed by atoms with E-state index in [9.17, 15) is 8.78 Å². The Hall–Kier alpha value is -0.260. The van der Waals surface area contributed by atoms with Crippen LogP contribution in [0.15, 0.2) is 0 Å². The van der Waals surface area contributed by atoms with Gasteiger partial charge >= 0.3 is 0 Å². The largest absolute Gasteiger partial charge is 0.394 e. The lowest BCUT2D eigenvalue weighted by molar-refractivity contribution is 0.00666. The molecule has 0 radical (unpaired) electrons. The molecular weight excluding hydrogens is 192 g/mol. The Kier molecular flexibility index (Phi) is 6.96. The van der Waals surface area contributed by atoms with E-state index in [0.29, 0.717) is 6.42 Å². The van der Waals surface area contributed by atoms with Gasteiger partial charge in [0, 0.05) is 12.1 Å². The molecule has 14 heavy (non-hydrogen) atoms. The Bertz CT molecular complexity index is 147. The molecule has 0 spiro atoms. The van der Waals surface area contributed by atoms with Gasteiger partial charge in [-0.15, -0.1) is 0 Å². The third kappa shape index (κ3) is 6.23. The van der Waals surface area contributed by atoms with Crippen LogP contribution in [0.4, 0.5) is 8.78 Å². The maximum absolute atomic E-state index is 11.7. The zero-order valence-corrected chi connectivity index (χ0v) is 8.72. The van der Waals surface area contributed by atoms with Crippen molar-refractivity contribution in [3.63, 3.8) is 0 Å². The first-order valence-electron chi connectivity index (χ1n) is 4.76. The first-order chi connectivity index (χ1) is 6.54. The summed E-state index contributed by atoms with van der Waals surface area (Å²) in [7, 11) is 0. The second-order valence-corrected chi connectivity index (χ2v) is 3.47. The molecule has 0 heterocycles. The average Bonchev–Trinajstić information content (AvgIpc) is 2.13. The van der Waals surface area contributed by atoms with Crippen molar-refractivity contribution in [2.75, 3.05) is 26.4 Å². The molecule has 3 nitrogen and oxygen atoms in total. The fourth-order valence-electron chi connectivity index (χ4n) is 1.12. The highest BCUT2D eigenvalue weighted by Gasteiger charge is 2.21. The number of alkyl halides is 2. The van der Waals surface area contributed by atoms with Gasteiger partial charge in [-0.1, -0.05) is 6.92 Å². The minimum atomic E-state index is -2.42. The van der Waals surface area contributed by atoms with Gasteiger partial charge in [0.1, 0.15) is 6.61 Å². The molecule has 0 aromatic carbocycles. The molecule has 0 rings (SSSR count). The molecule has 0 fully saturated rings. The predicted molar refractivity (Wildman–Crippen MR) is 50.6 cm³/mol. The van der Waals surface area contributed by atoms with Crippen LogP contribution < -0.4 is 5.32 Å². The van der Waals surface area contributed by atoms with E-state index in [1.165, 1.54) is 0 Å². The molecule has 1 atom stereocenters. The van der Waals surface area contributed by atoms with E-state index in [0.717, 1.165) is 6.54 Å². The van der Waals surface area contributed by atoms with Crippen LogP contribution in [0, 0.1) is 0 Å². The van der Waals surface area contributed by atoms with E-state index < -0.39 is 18.6 Å². The Morgan fingerprint density at radius 2 is 2.14 bits per heavy atom. The van der Waals surface area contributed by atoms with Crippen molar-refractivity contribution >= 4 is 0 Å². The van der Waals surface area contributed by atoms with Crippen LogP contribution >= 0.6 is 0 Å². The number of hydrogen-bond donors (Lipinski definition) is 2. The summed E-state index contributed by atoms with van der Waals surface area (Å²) in [6.07, 6.45) is -1.90. The lowest BCUT2D eigenvalue weighted by atomic mass is 10.00. The summed E-state index contributed by atoms with van der Waals surface area (Å²) in [5.74, 6) is 0. The van der Waals surface area contributed by atoms with Crippen molar-refractivity contribution in [3.8, 4) is 0 Å². The van der Waals surface area contributed by atoms with Crippen LogP contribution in [-0.2, 0) is 4.74 Å². The molecule has 0 saturated heterocycles. The molecule has 2 N–H and O–H groups in total. The van der Waals surface area contributed by atoms with Gasteiger partial charge in [0.2, 0.25) is 0 Å². The van der Waals surface area contributed by atoms with Crippen LogP contribution in [-0.4, -0.2) is 43.4 Å². The van der Waals surface area contributed by atoms with Gasteiger partial charge in [0.15, 0.2) is 0 Å². The summed E-state index contributed by atoms with van der Waals surface area (Å²) in [6, 6.07) is 0. The summed E-state index contributed by atoms with van der Waals surface area (Å²) < 4.78 is 28.1. The maximum Gasteiger partial charge on any atom is 0.261 e. The standard InChI is InChI=1S/C9H19F2NO2/c1-3-12-9(2,7-13)4-5-14-6-8(10)11/h8,12-13H,3-7H2,1-2H3. The average molecular weight is 211 g/mol. The Balaban J connectivity index is 3.61. The highest BCUT2D eigenvalue weighted by Crippen LogP contribution is 2.08. The van der Waals surface area contributed by atoms with Gasteiger partial charge in [-0.25, -0.2) is 8.78 Å². The lowest BCUT2D eigenvalue weighted by Crippen LogP contribution is -2.46. The number of nitrogens with one attached hydrogen (secondary N) is 1. The van der Waals surface area contributed by atoms with Gasteiger partial charge < -0.3 is 15.2 Å². The second-order valence-electron chi connectivity index (χ2n) is 3.47. The Morgan fingerprint density at radius 1 is 1.50 bits per heavy atom. The summed E-state index contributed by atoms with van der Waals surface area (Å²) in [5, 5.41) is 12.1. The third-order valence-electron chi connectivity index (χ3n) is 1.99. The van der Waals surface area contributed by atoms with Crippen LogP contribution in [0.2, 0.25) is 0 Å². The predicted octanol–water partition coefficient (Wildman–Crippen LogP) is 1.02. The summed E-state index contributed by atoms with van der Waals surface area (Å²) in [6.45, 7) is 4.16. The van der Waals surface area contributed by atoms with Crippen molar-refractivity contribution in [1.82, 2.24) is 5.32 Å². The fourth-order valence-corrected chi connectivity index (χ4v) is 1.12. The quantitative estimate of drug-likeness (QED) is 0.589. The van der Waals surface area contributed by atoms with Crippen LogP contribution in [0.3, 0.4) is 0 Å². The van der Waals surface area contributed by atoms with Crippen molar-refractivity contribution < 1.29 is 18.6 Å². The maximum atomic E-state index is 11.7. The van der Waals surface area contributed by atoms with Crippen molar-refractivity contribution in [1.29, 1.82) is 0 Å². The molecule has 0 aromatic rings. The highest BCUT2D eigenvalue weighted by molar-refractivity contribution is 4.81. The Morgan fingerprint density at radius 3 is 2.57 bits per heavy atom. The molecule has 1 unspecified atom stereocenters. The van der Waals surface area contributed by atoms with E-state index in [1.807, 2.05) is 13.8 Å². The molecule has 0 aromatic heterocycles. The molecule has 5 heteroatoms. The lowest BCUT2D eigenvalue weighted by Gasteiger charge is -2.28. The van der Waals surface area contributed by atoms with Gasteiger partial charge in [-0.2, -0.15) is 0 Å². The highest BCUT2D eigenvalue weighted by atomic mass is 19.3. The van der Waals surface area contributed by atoms with Gasteiger partial charge in [0.25, 0.3) is 6.43 Å². The first kappa shape index (κ1) is 13.7. The van der Waals surface area contributed by atoms with Gasteiger partial charge in [-0.05, 0) is 19.9 Å². The fraction of sp³-hybridized carbons (Fsp3) is 1.00. The van der Waals surface area contributed by atoms with E-state index in [4.69, 9.17) is 9.84 Å². The smallest absolute Gasteiger partial charge is 0.261 e.